The first-order valence-electron chi connectivity index (χ1n) is 10.3. The van der Waals surface area contributed by atoms with Gasteiger partial charge in [0.15, 0.2) is 0 Å². The fraction of sp³-hybridized carbons (Fsp3) is 0.240. The molecule has 4 rings (SSSR count). The number of nitrogens with zero attached hydrogens (tertiary/aromatic N) is 1. The highest BCUT2D eigenvalue weighted by Gasteiger charge is 2.32. The molecule has 0 aromatic heterocycles. The highest BCUT2D eigenvalue weighted by atomic mass is 16.5. The summed E-state index contributed by atoms with van der Waals surface area (Å²) < 4.78 is 11.6. The van der Waals surface area contributed by atoms with Crippen LogP contribution in [0.3, 0.4) is 0 Å². The highest BCUT2D eigenvalue weighted by Crippen LogP contribution is 2.34. The van der Waals surface area contributed by atoms with Crippen LogP contribution in [0.1, 0.15) is 35.4 Å². The van der Waals surface area contributed by atoms with Crippen molar-refractivity contribution < 1.29 is 14.3 Å². The number of anilines is 1. The molecular formula is C25H26N2O3. The van der Waals surface area contributed by atoms with Crippen LogP contribution in [0, 0.1) is 0 Å². The first kappa shape index (κ1) is 19.8. The molecule has 5 heteroatoms. The van der Waals surface area contributed by atoms with Crippen molar-refractivity contribution in [2.45, 2.75) is 19.5 Å². The second kappa shape index (κ2) is 9.35. The molecule has 1 aliphatic heterocycles. The minimum absolute atomic E-state index is 0.0544. The summed E-state index contributed by atoms with van der Waals surface area (Å²) in [4.78, 5) is 14.9. The Morgan fingerprint density at radius 1 is 0.867 bits per heavy atom. The molecule has 154 valence electrons. The van der Waals surface area contributed by atoms with Crippen LogP contribution in [0.15, 0.2) is 78.9 Å². The van der Waals surface area contributed by atoms with Crippen LogP contribution in [-0.2, 0) is 0 Å². The molecule has 3 aromatic rings. The molecule has 0 fully saturated rings. The molecule has 0 spiro atoms. The first-order chi connectivity index (χ1) is 14.8. The van der Waals surface area contributed by atoms with E-state index in [0.717, 1.165) is 29.2 Å². The molecule has 1 N–H and O–H groups in total. The molecule has 0 radical (unpaired) electrons. The fourth-order valence-electron chi connectivity index (χ4n) is 3.64. The van der Waals surface area contributed by atoms with Gasteiger partial charge in [0.1, 0.15) is 30.9 Å². The summed E-state index contributed by atoms with van der Waals surface area (Å²) in [6.45, 7) is 3.67. The van der Waals surface area contributed by atoms with E-state index in [4.69, 9.17) is 9.47 Å². The van der Waals surface area contributed by atoms with E-state index < -0.39 is 0 Å². The lowest BCUT2D eigenvalue weighted by atomic mass is 10.0. The lowest BCUT2D eigenvalue weighted by Crippen LogP contribution is -2.43. The van der Waals surface area contributed by atoms with Gasteiger partial charge in [-0.05, 0) is 48.4 Å². The third kappa shape index (κ3) is 4.40. The highest BCUT2D eigenvalue weighted by molar-refractivity contribution is 6.01. The third-order valence-electron chi connectivity index (χ3n) is 5.02. The van der Waals surface area contributed by atoms with E-state index in [2.05, 4.69) is 12.2 Å². The van der Waals surface area contributed by atoms with Crippen molar-refractivity contribution >= 4 is 11.6 Å². The number of fused-ring (bicyclic) bond motifs is 1. The van der Waals surface area contributed by atoms with Crippen molar-refractivity contribution in [1.82, 2.24) is 4.90 Å². The van der Waals surface area contributed by atoms with Crippen LogP contribution in [-0.4, -0.2) is 30.6 Å². The average Bonchev–Trinajstić information content (AvgIpc) is 2.79. The Morgan fingerprint density at radius 2 is 1.57 bits per heavy atom. The maximum absolute atomic E-state index is 13.1. The van der Waals surface area contributed by atoms with Gasteiger partial charge in [0, 0.05) is 12.2 Å². The van der Waals surface area contributed by atoms with E-state index in [-0.39, 0.29) is 12.1 Å². The van der Waals surface area contributed by atoms with Gasteiger partial charge in [-0.1, -0.05) is 49.4 Å². The van der Waals surface area contributed by atoms with Crippen LogP contribution in [0.2, 0.25) is 0 Å². The van der Waals surface area contributed by atoms with Crippen molar-refractivity contribution in [1.29, 1.82) is 0 Å². The Morgan fingerprint density at radius 3 is 2.37 bits per heavy atom. The lowest BCUT2D eigenvalue weighted by Gasteiger charge is -2.38. The van der Waals surface area contributed by atoms with Crippen LogP contribution in [0.4, 0.5) is 5.69 Å². The minimum Gasteiger partial charge on any atom is -0.490 e. The monoisotopic (exact) mass is 402 g/mol. The molecule has 3 aromatic carbocycles. The van der Waals surface area contributed by atoms with Crippen molar-refractivity contribution in [3.8, 4) is 11.5 Å². The van der Waals surface area contributed by atoms with Gasteiger partial charge in [-0.25, -0.2) is 0 Å². The number of hydrogen-bond acceptors (Lipinski definition) is 4. The number of carbonyl (C=O) groups is 1. The van der Waals surface area contributed by atoms with Gasteiger partial charge in [-0.3, -0.25) is 4.79 Å². The Kier molecular flexibility index (Phi) is 6.18. The van der Waals surface area contributed by atoms with Gasteiger partial charge in [0.25, 0.3) is 5.91 Å². The van der Waals surface area contributed by atoms with Gasteiger partial charge < -0.3 is 19.7 Å². The number of hydrogen-bond donors (Lipinski definition) is 1. The van der Waals surface area contributed by atoms with Crippen molar-refractivity contribution in [2.75, 3.05) is 25.1 Å². The van der Waals surface area contributed by atoms with Gasteiger partial charge in [0.05, 0.1) is 5.56 Å². The predicted octanol–water partition coefficient (Wildman–Crippen LogP) is 5.12. The van der Waals surface area contributed by atoms with Crippen LogP contribution in [0.5, 0.6) is 11.5 Å². The maximum Gasteiger partial charge on any atom is 0.257 e. The topological polar surface area (TPSA) is 50.8 Å². The zero-order valence-corrected chi connectivity index (χ0v) is 17.1. The van der Waals surface area contributed by atoms with Crippen LogP contribution >= 0.6 is 0 Å². The number of carbonyl (C=O) groups excluding carboxylic acids is 1. The Bertz CT molecular complexity index is 990. The van der Waals surface area contributed by atoms with E-state index >= 15 is 0 Å². The molecule has 1 atom stereocenters. The van der Waals surface area contributed by atoms with E-state index in [1.807, 2.05) is 83.8 Å². The molecule has 30 heavy (non-hydrogen) atoms. The summed E-state index contributed by atoms with van der Waals surface area (Å²) in [5.74, 6) is 1.64. The number of rotatable bonds is 8. The van der Waals surface area contributed by atoms with Crippen molar-refractivity contribution in [3.05, 3.63) is 90.0 Å². The molecule has 1 unspecified atom stereocenters. The summed E-state index contributed by atoms with van der Waals surface area (Å²) in [5.41, 5.74) is 2.57. The number of benzene rings is 3. The quantitative estimate of drug-likeness (QED) is 0.531. The van der Waals surface area contributed by atoms with Crippen molar-refractivity contribution in [3.63, 3.8) is 0 Å². The number of nitrogens with one attached hydrogen (secondary N) is 1. The van der Waals surface area contributed by atoms with Gasteiger partial charge in [-0.2, -0.15) is 0 Å². The van der Waals surface area contributed by atoms with E-state index in [1.165, 1.54) is 0 Å². The van der Waals surface area contributed by atoms with E-state index in [9.17, 15) is 4.79 Å². The molecule has 0 aliphatic carbocycles. The van der Waals surface area contributed by atoms with Crippen LogP contribution in [0.25, 0.3) is 0 Å². The number of amides is 1. The molecular weight excluding hydrogens is 376 g/mol. The smallest absolute Gasteiger partial charge is 0.257 e. The normalized spacial score (nSPS) is 15.3. The molecule has 1 amide bonds. The molecule has 0 bridgehead atoms. The largest absolute Gasteiger partial charge is 0.490 e. The van der Waals surface area contributed by atoms with Gasteiger partial charge >= 0.3 is 0 Å². The standard InChI is InChI=1S/C25H26N2O3/c1-2-15-27-24(26-23-14-7-6-13-22(23)25(27)28)19-9-8-12-21(18-19)30-17-16-29-20-10-4-3-5-11-20/h3-14,18,24,26H,2,15-17H2,1H3. The summed E-state index contributed by atoms with van der Waals surface area (Å²) in [7, 11) is 0. The summed E-state index contributed by atoms with van der Waals surface area (Å²) in [6, 6.07) is 25.2. The zero-order chi connectivity index (χ0) is 20.8. The minimum atomic E-state index is -0.225. The van der Waals surface area contributed by atoms with Crippen LogP contribution < -0.4 is 14.8 Å². The molecule has 1 aliphatic rings. The predicted molar refractivity (Wildman–Crippen MR) is 118 cm³/mol. The first-order valence-corrected chi connectivity index (χ1v) is 10.3. The SMILES string of the molecule is CCCN1C(=O)c2ccccc2NC1c1cccc(OCCOc2ccccc2)c1. The average molecular weight is 402 g/mol. The molecule has 1 heterocycles. The third-order valence-corrected chi connectivity index (χ3v) is 5.02. The summed E-state index contributed by atoms with van der Waals surface area (Å²) in [5, 5.41) is 3.52. The second-order valence-corrected chi connectivity index (χ2v) is 7.17. The van der Waals surface area contributed by atoms with Crippen molar-refractivity contribution in [2.24, 2.45) is 0 Å². The molecule has 0 saturated heterocycles. The van der Waals surface area contributed by atoms with E-state index in [1.54, 1.807) is 0 Å². The number of ether oxygens (including phenoxy) is 2. The summed E-state index contributed by atoms with van der Waals surface area (Å²) in [6.07, 6.45) is 0.663. The fourth-order valence-corrected chi connectivity index (χ4v) is 3.64. The maximum atomic E-state index is 13.1. The Hall–Kier alpha value is -3.47. The molecule has 5 nitrogen and oxygen atoms in total. The second-order valence-electron chi connectivity index (χ2n) is 7.17. The molecule has 0 saturated carbocycles. The van der Waals surface area contributed by atoms with Gasteiger partial charge in [0.2, 0.25) is 0 Å². The summed E-state index contributed by atoms with van der Waals surface area (Å²) >= 11 is 0. The Balaban J connectivity index is 1.46. The van der Waals surface area contributed by atoms with Gasteiger partial charge in [-0.15, -0.1) is 0 Å². The Labute approximate surface area is 177 Å². The lowest BCUT2D eigenvalue weighted by molar-refractivity contribution is 0.0683. The zero-order valence-electron chi connectivity index (χ0n) is 17.1. The van der Waals surface area contributed by atoms with E-state index in [0.29, 0.717) is 25.3 Å². The number of para-hydroxylation sites is 2.